The van der Waals surface area contributed by atoms with Crippen molar-refractivity contribution in [2.45, 2.75) is 52.0 Å². The number of carbonyl (C=O) groups is 1. The lowest BCUT2D eigenvalue weighted by Gasteiger charge is -2.13. The van der Waals surface area contributed by atoms with Gasteiger partial charge in [-0.3, -0.25) is 4.79 Å². The molecule has 22 heavy (non-hydrogen) atoms. The molecule has 1 unspecified atom stereocenters. The van der Waals surface area contributed by atoms with Gasteiger partial charge in [0.25, 0.3) is 0 Å². The average molecular weight is 301 g/mol. The van der Waals surface area contributed by atoms with Gasteiger partial charge in [0.1, 0.15) is 0 Å². The minimum Gasteiger partial charge on any atom is -0.354 e. The molecule has 0 aliphatic carbocycles. The van der Waals surface area contributed by atoms with Crippen LogP contribution in [-0.2, 0) is 17.6 Å². The van der Waals surface area contributed by atoms with Crippen molar-refractivity contribution >= 4 is 5.91 Å². The average Bonchev–Trinajstić information content (AvgIpc) is 2.92. The standard InChI is InChI=1S/C17H23N3O2/c1-13(11-12-15-7-4-3-5-8-15)18-16(21)9-6-10-17-19-14(2)20-22-17/h3-5,7-8,13H,6,9-12H2,1-2H3,(H,18,21). The Morgan fingerprint density at radius 1 is 1.27 bits per heavy atom. The van der Waals surface area contributed by atoms with Gasteiger partial charge < -0.3 is 9.84 Å². The third kappa shape index (κ3) is 5.68. The van der Waals surface area contributed by atoms with E-state index in [1.165, 1.54) is 5.56 Å². The first-order valence-electron chi connectivity index (χ1n) is 7.76. The summed E-state index contributed by atoms with van der Waals surface area (Å²) in [4.78, 5) is 16.0. The van der Waals surface area contributed by atoms with Gasteiger partial charge in [0.05, 0.1) is 0 Å². The van der Waals surface area contributed by atoms with Gasteiger partial charge in [-0.15, -0.1) is 0 Å². The van der Waals surface area contributed by atoms with E-state index in [1.807, 2.05) is 25.1 Å². The van der Waals surface area contributed by atoms with Gasteiger partial charge in [-0.1, -0.05) is 35.5 Å². The summed E-state index contributed by atoms with van der Waals surface area (Å²) in [6.45, 7) is 3.83. The van der Waals surface area contributed by atoms with Crippen LogP contribution in [0, 0.1) is 6.92 Å². The molecule has 0 aliphatic rings. The predicted molar refractivity (Wildman–Crippen MR) is 84.3 cm³/mol. The number of nitrogens with one attached hydrogen (secondary N) is 1. The van der Waals surface area contributed by atoms with Gasteiger partial charge in [0, 0.05) is 18.9 Å². The van der Waals surface area contributed by atoms with E-state index < -0.39 is 0 Å². The van der Waals surface area contributed by atoms with Crippen LogP contribution in [0.15, 0.2) is 34.9 Å². The van der Waals surface area contributed by atoms with Crippen molar-refractivity contribution in [3.05, 3.63) is 47.6 Å². The van der Waals surface area contributed by atoms with Crippen molar-refractivity contribution in [1.29, 1.82) is 0 Å². The van der Waals surface area contributed by atoms with E-state index in [0.717, 1.165) is 19.3 Å². The molecule has 0 aliphatic heterocycles. The van der Waals surface area contributed by atoms with Crippen LogP contribution in [0.4, 0.5) is 0 Å². The summed E-state index contributed by atoms with van der Waals surface area (Å²) in [6.07, 6.45) is 3.77. The second kappa shape index (κ2) is 8.32. The number of carbonyl (C=O) groups excluding carboxylic acids is 1. The smallest absolute Gasteiger partial charge is 0.226 e. The maximum absolute atomic E-state index is 11.9. The number of aryl methyl sites for hydroxylation is 3. The number of rotatable bonds is 8. The lowest BCUT2D eigenvalue weighted by Crippen LogP contribution is -2.32. The van der Waals surface area contributed by atoms with E-state index in [-0.39, 0.29) is 11.9 Å². The van der Waals surface area contributed by atoms with Crippen LogP contribution in [0.2, 0.25) is 0 Å². The molecule has 2 rings (SSSR count). The summed E-state index contributed by atoms with van der Waals surface area (Å²) in [5.74, 6) is 1.31. The molecule has 0 fully saturated rings. The molecule has 2 aromatic rings. The fourth-order valence-electron chi connectivity index (χ4n) is 2.29. The number of hydrogen-bond donors (Lipinski definition) is 1. The van der Waals surface area contributed by atoms with Crippen LogP contribution >= 0.6 is 0 Å². The Balaban J connectivity index is 1.61. The van der Waals surface area contributed by atoms with E-state index in [9.17, 15) is 4.79 Å². The van der Waals surface area contributed by atoms with E-state index in [4.69, 9.17) is 4.52 Å². The Labute approximate surface area is 131 Å². The highest BCUT2D eigenvalue weighted by molar-refractivity contribution is 5.76. The molecule has 0 radical (unpaired) electrons. The summed E-state index contributed by atoms with van der Waals surface area (Å²) in [7, 11) is 0. The molecule has 0 saturated carbocycles. The molecule has 118 valence electrons. The lowest BCUT2D eigenvalue weighted by molar-refractivity contribution is -0.121. The summed E-state index contributed by atoms with van der Waals surface area (Å²) < 4.78 is 5.02. The number of amides is 1. The van der Waals surface area contributed by atoms with E-state index >= 15 is 0 Å². The first-order valence-corrected chi connectivity index (χ1v) is 7.76. The van der Waals surface area contributed by atoms with Gasteiger partial charge in [-0.05, 0) is 38.7 Å². The Morgan fingerprint density at radius 2 is 2.05 bits per heavy atom. The number of nitrogens with zero attached hydrogens (tertiary/aromatic N) is 2. The normalized spacial score (nSPS) is 12.1. The van der Waals surface area contributed by atoms with Crippen molar-refractivity contribution in [2.75, 3.05) is 0 Å². The molecule has 5 heteroatoms. The third-order valence-electron chi connectivity index (χ3n) is 3.48. The first-order chi connectivity index (χ1) is 10.6. The molecule has 1 aromatic heterocycles. The molecule has 0 spiro atoms. The van der Waals surface area contributed by atoms with Gasteiger partial charge >= 0.3 is 0 Å². The predicted octanol–water partition coefficient (Wildman–Crippen LogP) is 2.84. The number of benzene rings is 1. The molecule has 1 amide bonds. The van der Waals surface area contributed by atoms with E-state index in [1.54, 1.807) is 6.92 Å². The van der Waals surface area contributed by atoms with Crippen molar-refractivity contribution in [1.82, 2.24) is 15.5 Å². The number of aromatic nitrogens is 2. The van der Waals surface area contributed by atoms with Crippen LogP contribution in [-0.4, -0.2) is 22.1 Å². The van der Waals surface area contributed by atoms with Crippen molar-refractivity contribution in [2.24, 2.45) is 0 Å². The summed E-state index contributed by atoms with van der Waals surface area (Å²) in [5.41, 5.74) is 1.30. The summed E-state index contributed by atoms with van der Waals surface area (Å²) in [6, 6.07) is 10.5. The Morgan fingerprint density at radius 3 is 2.73 bits per heavy atom. The molecule has 1 heterocycles. The maximum atomic E-state index is 11.9. The molecule has 5 nitrogen and oxygen atoms in total. The monoisotopic (exact) mass is 301 g/mol. The Kier molecular flexibility index (Phi) is 6.13. The fraction of sp³-hybridized carbons (Fsp3) is 0.471. The zero-order chi connectivity index (χ0) is 15.8. The van der Waals surface area contributed by atoms with Crippen LogP contribution in [0.3, 0.4) is 0 Å². The SMILES string of the molecule is Cc1noc(CCCC(=O)NC(C)CCc2ccccc2)n1. The van der Waals surface area contributed by atoms with Crippen molar-refractivity contribution < 1.29 is 9.32 Å². The van der Waals surface area contributed by atoms with Crippen LogP contribution < -0.4 is 5.32 Å². The second-order valence-corrected chi connectivity index (χ2v) is 5.58. The first kappa shape index (κ1) is 16.2. The highest BCUT2D eigenvalue weighted by Gasteiger charge is 2.09. The van der Waals surface area contributed by atoms with E-state index in [0.29, 0.717) is 24.6 Å². The van der Waals surface area contributed by atoms with Crippen LogP contribution in [0.5, 0.6) is 0 Å². The molecule has 1 N–H and O–H groups in total. The Bertz CT molecular complexity index is 581. The van der Waals surface area contributed by atoms with Crippen LogP contribution in [0.25, 0.3) is 0 Å². The molecular formula is C17H23N3O2. The highest BCUT2D eigenvalue weighted by atomic mass is 16.5. The fourth-order valence-corrected chi connectivity index (χ4v) is 2.29. The largest absolute Gasteiger partial charge is 0.354 e. The molecule has 1 atom stereocenters. The molecule has 0 saturated heterocycles. The zero-order valence-electron chi connectivity index (χ0n) is 13.2. The quantitative estimate of drug-likeness (QED) is 0.814. The minimum atomic E-state index is 0.0804. The topological polar surface area (TPSA) is 68.0 Å². The minimum absolute atomic E-state index is 0.0804. The Hall–Kier alpha value is -2.17. The van der Waals surface area contributed by atoms with Gasteiger partial charge in [0.15, 0.2) is 5.82 Å². The summed E-state index contributed by atoms with van der Waals surface area (Å²) in [5, 5.41) is 6.77. The highest BCUT2D eigenvalue weighted by Crippen LogP contribution is 2.06. The zero-order valence-corrected chi connectivity index (χ0v) is 13.2. The number of hydrogen-bond acceptors (Lipinski definition) is 4. The second-order valence-electron chi connectivity index (χ2n) is 5.58. The summed E-state index contributed by atoms with van der Waals surface area (Å²) >= 11 is 0. The third-order valence-corrected chi connectivity index (χ3v) is 3.48. The van der Waals surface area contributed by atoms with Gasteiger partial charge in [-0.25, -0.2) is 0 Å². The van der Waals surface area contributed by atoms with Crippen LogP contribution in [0.1, 0.15) is 43.5 Å². The van der Waals surface area contributed by atoms with E-state index in [2.05, 4.69) is 27.6 Å². The maximum Gasteiger partial charge on any atom is 0.226 e. The van der Waals surface area contributed by atoms with Gasteiger partial charge in [-0.2, -0.15) is 4.98 Å². The molecule has 1 aromatic carbocycles. The lowest BCUT2D eigenvalue weighted by atomic mass is 10.1. The van der Waals surface area contributed by atoms with Crippen molar-refractivity contribution in [3.8, 4) is 0 Å². The van der Waals surface area contributed by atoms with Gasteiger partial charge in [0.2, 0.25) is 11.8 Å². The van der Waals surface area contributed by atoms with Crippen molar-refractivity contribution in [3.63, 3.8) is 0 Å². The molecular weight excluding hydrogens is 278 g/mol. The molecule has 0 bridgehead atoms.